The number of para-hydroxylation sites is 2. The third-order valence-corrected chi connectivity index (χ3v) is 5.63. The van der Waals surface area contributed by atoms with Crippen molar-refractivity contribution < 1.29 is 14.0 Å². The van der Waals surface area contributed by atoms with E-state index in [4.69, 9.17) is 0 Å². The van der Waals surface area contributed by atoms with Gasteiger partial charge in [-0.1, -0.05) is 60.7 Å². The van der Waals surface area contributed by atoms with Gasteiger partial charge in [0, 0.05) is 29.6 Å². The zero-order valence-corrected chi connectivity index (χ0v) is 18.6. The molecule has 1 heterocycles. The summed E-state index contributed by atoms with van der Waals surface area (Å²) >= 11 is 1.19. The minimum absolute atomic E-state index is 0.130. The zero-order valence-electron chi connectivity index (χ0n) is 17.7. The monoisotopic (exact) mass is 457 g/mol. The average Bonchev–Trinajstić information content (AvgIpc) is 3.28. The molecule has 0 aliphatic carbocycles. The fourth-order valence-corrected chi connectivity index (χ4v) is 4.14. The number of amides is 2. The van der Waals surface area contributed by atoms with Crippen LogP contribution in [0.3, 0.4) is 0 Å². The molecule has 3 aromatic carbocycles. The molecule has 33 heavy (non-hydrogen) atoms. The third kappa shape index (κ3) is 5.22. The molecular weight excluding hydrogens is 437 g/mol. The Hall–Kier alpha value is -4.10. The van der Waals surface area contributed by atoms with Gasteiger partial charge >= 0.3 is 0 Å². The molecule has 1 N–H and O–H groups in total. The molecule has 7 heteroatoms. The SMILES string of the molecule is CC(=O)N(c1nc(/C=C/C(=O)Nc2ccccc2-c2ccccc2)cs1)c1ccccc1F. The van der Waals surface area contributed by atoms with Crippen molar-refractivity contribution in [3.8, 4) is 11.1 Å². The van der Waals surface area contributed by atoms with Crippen molar-refractivity contribution in [2.75, 3.05) is 10.2 Å². The molecule has 0 saturated carbocycles. The minimum atomic E-state index is -0.517. The molecule has 4 rings (SSSR count). The number of aromatic nitrogens is 1. The number of hydrogen-bond donors (Lipinski definition) is 1. The second kappa shape index (κ2) is 10.0. The number of hydrogen-bond acceptors (Lipinski definition) is 4. The number of nitrogens with zero attached hydrogens (tertiary/aromatic N) is 2. The lowest BCUT2D eigenvalue weighted by Gasteiger charge is -2.18. The molecule has 0 atom stereocenters. The van der Waals surface area contributed by atoms with E-state index in [0.717, 1.165) is 11.1 Å². The van der Waals surface area contributed by atoms with Crippen molar-refractivity contribution in [3.63, 3.8) is 0 Å². The van der Waals surface area contributed by atoms with E-state index in [-0.39, 0.29) is 17.5 Å². The average molecular weight is 458 g/mol. The number of carbonyl (C=O) groups excluding carboxylic acids is 2. The van der Waals surface area contributed by atoms with Crippen LogP contribution in [0.1, 0.15) is 12.6 Å². The fraction of sp³-hybridized carbons (Fsp3) is 0.0385. The van der Waals surface area contributed by atoms with E-state index in [1.165, 1.54) is 41.4 Å². The van der Waals surface area contributed by atoms with Gasteiger partial charge in [-0.05, 0) is 29.8 Å². The largest absolute Gasteiger partial charge is 0.322 e. The van der Waals surface area contributed by atoms with Crippen LogP contribution in [-0.4, -0.2) is 16.8 Å². The number of carbonyl (C=O) groups is 2. The maximum atomic E-state index is 14.2. The second-order valence-corrected chi connectivity index (χ2v) is 7.93. The van der Waals surface area contributed by atoms with Gasteiger partial charge in [-0.3, -0.25) is 14.5 Å². The lowest BCUT2D eigenvalue weighted by molar-refractivity contribution is -0.116. The van der Waals surface area contributed by atoms with Crippen molar-refractivity contribution >= 4 is 45.7 Å². The van der Waals surface area contributed by atoms with Gasteiger partial charge in [0.1, 0.15) is 5.82 Å². The van der Waals surface area contributed by atoms with Gasteiger partial charge in [0.15, 0.2) is 5.13 Å². The summed E-state index contributed by atoms with van der Waals surface area (Å²) in [6.45, 7) is 1.35. The van der Waals surface area contributed by atoms with E-state index < -0.39 is 5.82 Å². The fourth-order valence-electron chi connectivity index (χ4n) is 3.29. The summed E-state index contributed by atoms with van der Waals surface area (Å²) in [5.74, 6) is -1.19. The molecule has 4 aromatic rings. The Kier molecular flexibility index (Phi) is 6.71. The number of nitrogens with one attached hydrogen (secondary N) is 1. The molecular formula is C26H20FN3O2S. The van der Waals surface area contributed by atoms with Crippen LogP contribution < -0.4 is 10.2 Å². The van der Waals surface area contributed by atoms with E-state index >= 15 is 0 Å². The maximum Gasteiger partial charge on any atom is 0.248 e. The first-order valence-corrected chi connectivity index (χ1v) is 11.0. The van der Waals surface area contributed by atoms with Gasteiger partial charge in [0.25, 0.3) is 0 Å². The second-order valence-electron chi connectivity index (χ2n) is 7.09. The molecule has 164 valence electrons. The summed E-state index contributed by atoms with van der Waals surface area (Å²) in [6, 6.07) is 23.4. The predicted molar refractivity (Wildman–Crippen MR) is 131 cm³/mol. The highest BCUT2D eigenvalue weighted by molar-refractivity contribution is 7.14. The summed E-state index contributed by atoms with van der Waals surface area (Å²) in [6.07, 6.45) is 2.93. The maximum absolute atomic E-state index is 14.2. The van der Waals surface area contributed by atoms with Crippen molar-refractivity contribution in [2.45, 2.75) is 6.92 Å². The Morgan fingerprint density at radius 3 is 2.42 bits per heavy atom. The number of anilines is 3. The van der Waals surface area contributed by atoms with Crippen LogP contribution in [0.25, 0.3) is 17.2 Å². The summed E-state index contributed by atoms with van der Waals surface area (Å²) in [4.78, 5) is 30.3. The van der Waals surface area contributed by atoms with Crippen LogP contribution in [0, 0.1) is 5.82 Å². The number of thiazole rings is 1. The molecule has 0 aliphatic rings. The molecule has 5 nitrogen and oxygen atoms in total. The van der Waals surface area contributed by atoms with Crippen molar-refractivity contribution in [1.29, 1.82) is 0 Å². The molecule has 0 fully saturated rings. The first kappa shape index (κ1) is 22.1. The summed E-state index contributed by atoms with van der Waals surface area (Å²) in [5, 5.41) is 4.92. The van der Waals surface area contributed by atoms with Crippen molar-refractivity contribution in [1.82, 2.24) is 4.98 Å². The summed E-state index contributed by atoms with van der Waals surface area (Å²) in [7, 11) is 0. The lowest BCUT2D eigenvalue weighted by Crippen LogP contribution is -2.23. The van der Waals surface area contributed by atoms with Crippen LogP contribution >= 0.6 is 11.3 Å². The quantitative estimate of drug-likeness (QED) is 0.346. The predicted octanol–water partition coefficient (Wildman–Crippen LogP) is 6.29. The lowest BCUT2D eigenvalue weighted by atomic mass is 10.0. The summed E-state index contributed by atoms with van der Waals surface area (Å²) < 4.78 is 14.2. The molecule has 0 aliphatic heterocycles. The Labute approximate surface area is 194 Å². The number of halogens is 1. The molecule has 2 amide bonds. The van der Waals surface area contributed by atoms with Crippen molar-refractivity contribution in [2.24, 2.45) is 0 Å². The van der Waals surface area contributed by atoms with E-state index in [0.29, 0.717) is 16.5 Å². The smallest absolute Gasteiger partial charge is 0.248 e. The van der Waals surface area contributed by atoms with E-state index in [2.05, 4.69) is 10.3 Å². The molecule has 1 aromatic heterocycles. The van der Waals surface area contributed by atoms with E-state index in [1.54, 1.807) is 23.6 Å². The van der Waals surface area contributed by atoms with Crippen LogP contribution in [0.5, 0.6) is 0 Å². The third-order valence-electron chi connectivity index (χ3n) is 4.78. The van der Waals surface area contributed by atoms with Crippen LogP contribution in [-0.2, 0) is 9.59 Å². The molecule has 0 bridgehead atoms. The Morgan fingerprint density at radius 2 is 1.67 bits per heavy atom. The van der Waals surface area contributed by atoms with Crippen molar-refractivity contribution in [3.05, 3.63) is 102 Å². The highest BCUT2D eigenvalue weighted by atomic mass is 32.1. The Balaban J connectivity index is 1.51. The van der Waals surface area contributed by atoms with Crippen LogP contribution in [0.2, 0.25) is 0 Å². The van der Waals surface area contributed by atoms with Gasteiger partial charge in [-0.25, -0.2) is 9.37 Å². The van der Waals surface area contributed by atoms with Crippen LogP contribution in [0.15, 0.2) is 90.3 Å². The van der Waals surface area contributed by atoms with Gasteiger partial charge in [-0.15, -0.1) is 11.3 Å². The topological polar surface area (TPSA) is 62.3 Å². The first-order valence-electron chi connectivity index (χ1n) is 10.2. The molecule has 0 radical (unpaired) electrons. The van der Waals surface area contributed by atoms with Gasteiger partial charge in [-0.2, -0.15) is 0 Å². The van der Waals surface area contributed by atoms with E-state index in [1.807, 2.05) is 54.6 Å². The van der Waals surface area contributed by atoms with E-state index in [9.17, 15) is 14.0 Å². The molecule has 0 spiro atoms. The summed E-state index contributed by atoms with van der Waals surface area (Å²) in [5.41, 5.74) is 3.23. The van der Waals surface area contributed by atoms with Gasteiger partial charge in [0.2, 0.25) is 11.8 Å². The molecule has 0 saturated heterocycles. The standard InChI is InChI=1S/C26H20FN3O2S/c1-18(31)30(24-14-8-6-12-22(24)27)26-28-20(17-33-26)15-16-25(32)29-23-13-7-5-11-21(23)19-9-3-2-4-10-19/h2-17H,1H3,(H,29,32)/b16-15+. The highest BCUT2D eigenvalue weighted by Crippen LogP contribution is 2.31. The Morgan fingerprint density at radius 1 is 0.970 bits per heavy atom. The number of benzene rings is 3. The number of rotatable bonds is 6. The Bertz CT molecular complexity index is 1320. The first-order chi connectivity index (χ1) is 16.0. The normalized spacial score (nSPS) is 10.8. The zero-order chi connectivity index (χ0) is 23.2. The van der Waals surface area contributed by atoms with Gasteiger partial charge < -0.3 is 5.32 Å². The van der Waals surface area contributed by atoms with Crippen LogP contribution in [0.4, 0.5) is 20.9 Å². The molecule has 0 unspecified atom stereocenters. The van der Waals surface area contributed by atoms with Gasteiger partial charge in [0.05, 0.1) is 11.4 Å². The highest BCUT2D eigenvalue weighted by Gasteiger charge is 2.20. The minimum Gasteiger partial charge on any atom is -0.322 e.